The van der Waals surface area contributed by atoms with Gasteiger partial charge in [0.2, 0.25) is 0 Å². The topological polar surface area (TPSA) is 54.2 Å². The van der Waals surface area contributed by atoms with E-state index in [1.807, 2.05) is 24.3 Å². The van der Waals surface area contributed by atoms with Gasteiger partial charge in [0.05, 0.1) is 9.83 Å². The third-order valence-corrected chi connectivity index (χ3v) is 4.84. The molecule has 2 aromatic rings. The summed E-state index contributed by atoms with van der Waals surface area (Å²) in [6, 6.07) is 4.25. The Kier molecular flexibility index (Phi) is 4.30. The SMILES string of the molecule is CN1CCNCC1c1noc(/C=C/c2ccc(Br)s2)n1. The molecule has 1 saturated heterocycles. The molecule has 3 heterocycles. The van der Waals surface area contributed by atoms with Gasteiger partial charge < -0.3 is 9.84 Å². The van der Waals surface area contributed by atoms with E-state index in [-0.39, 0.29) is 6.04 Å². The fourth-order valence-electron chi connectivity index (χ4n) is 2.12. The molecular weight excluding hydrogens is 340 g/mol. The average Bonchev–Trinajstić information content (AvgIpc) is 3.06. The third kappa shape index (κ3) is 3.17. The van der Waals surface area contributed by atoms with Crippen LogP contribution in [0.15, 0.2) is 20.4 Å². The van der Waals surface area contributed by atoms with Gasteiger partial charge in [-0.15, -0.1) is 11.3 Å². The van der Waals surface area contributed by atoms with Crippen LogP contribution in [0.4, 0.5) is 0 Å². The lowest BCUT2D eigenvalue weighted by atomic mass is 10.2. The number of rotatable bonds is 3. The smallest absolute Gasteiger partial charge is 0.250 e. The molecule has 0 amide bonds. The highest BCUT2D eigenvalue weighted by Crippen LogP contribution is 2.24. The highest BCUT2D eigenvalue weighted by atomic mass is 79.9. The quantitative estimate of drug-likeness (QED) is 0.918. The fraction of sp³-hybridized carbons (Fsp3) is 0.385. The highest BCUT2D eigenvalue weighted by Gasteiger charge is 2.24. The Labute approximate surface area is 129 Å². The van der Waals surface area contributed by atoms with Crippen molar-refractivity contribution in [1.82, 2.24) is 20.4 Å². The number of halogens is 1. The average molecular weight is 355 g/mol. The van der Waals surface area contributed by atoms with E-state index in [4.69, 9.17) is 4.52 Å². The number of nitrogens with zero attached hydrogens (tertiary/aromatic N) is 3. The summed E-state index contributed by atoms with van der Waals surface area (Å²) >= 11 is 5.11. The number of aromatic nitrogens is 2. The van der Waals surface area contributed by atoms with E-state index in [0.717, 1.165) is 34.1 Å². The van der Waals surface area contributed by atoms with Crippen molar-refractivity contribution in [2.75, 3.05) is 26.7 Å². The third-order valence-electron chi connectivity index (χ3n) is 3.25. The second kappa shape index (κ2) is 6.17. The molecule has 1 unspecified atom stereocenters. The molecule has 0 radical (unpaired) electrons. The summed E-state index contributed by atoms with van der Waals surface area (Å²) in [4.78, 5) is 7.84. The van der Waals surface area contributed by atoms with Crippen molar-refractivity contribution in [3.05, 3.63) is 32.5 Å². The van der Waals surface area contributed by atoms with Crippen LogP contribution in [0.25, 0.3) is 12.2 Å². The van der Waals surface area contributed by atoms with Gasteiger partial charge in [0.15, 0.2) is 5.82 Å². The molecule has 0 bridgehead atoms. The summed E-state index contributed by atoms with van der Waals surface area (Å²) in [5.74, 6) is 1.29. The molecule has 0 aromatic carbocycles. The lowest BCUT2D eigenvalue weighted by Gasteiger charge is -2.30. The number of piperazine rings is 1. The first-order valence-corrected chi connectivity index (χ1v) is 8.01. The van der Waals surface area contributed by atoms with Crippen LogP contribution in [0.3, 0.4) is 0 Å². The maximum absolute atomic E-state index is 5.29. The number of likely N-dealkylation sites (N-methyl/N-ethyl adjacent to an activating group) is 1. The van der Waals surface area contributed by atoms with E-state index in [9.17, 15) is 0 Å². The Hall–Kier alpha value is -1.02. The predicted octanol–water partition coefficient (Wildman–Crippen LogP) is 2.64. The second-order valence-electron chi connectivity index (χ2n) is 4.67. The zero-order valence-corrected chi connectivity index (χ0v) is 13.4. The zero-order valence-electron chi connectivity index (χ0n) is 11.0. The van der Waals surface area contributed by atoms with Gasteiger partial charge in [-0.05, 0) is 41.2 Å². The van der Waals surface area contributed by atoms with Crippen LogP contribution in [0.1, 0.15) is 22.6 Å². The Morgan fingerprint density at radius 3 is 3.15 bits per heavy atom. The van der Waals surface area contributed by atoms with Gasteiger partial charge in [-0.2, -0.15) is 4.98 Å². The van der Waals surface area contributed by atoms with E-state index in [2.05, 4.69) is 43.3 Å². The molecule has 106 valence electrons. The largest absolute Gasteiger partial charge is 0.335 e. The minimum atomic E-state index is 0.186. The maximum atomic E-state index is 5.29. The van der Waals surface area contributed by atoms with Gasteiger partial charge in [0, 0.05) is 30.6 Å². The Balaban J connectivity index is 1.71. The molecule has 20 heavy (non-hydrogen) atoms. The van der Waals surface area contributed by atoms with Crippen LogP contribution in [-0.2, 0) is 0 Å². The lowest BCUT2D eigenvalue weighted by Crippen LogP contribution is -2.44. The van der Waals surface area contributed by atoms with E-state index >= 15 is 0 Å². The number of hydrogen-bond donors (Lipinski definition) is 1. The molecule has 7 heteroatoms. The minimum Gasteiger partial charge on any atom is -0.335 e. The Morgan fingerprint density at radius 1 is 1.50 bits per heavy atom. The molecule has 0 saturated carbocycles. The van der Waals surface area contributed by atoms with E-state index in [1.165, 1.54) is 0 Å². The summed E-state index contributed by atoms with van der Waals surface area (Å²) in [7, 11) is 2.08. The summed E-state index contributed by atoms with van der Waals surface area (Å²) in [6.07, 6.45) is 3.83. The van der Waals surface area contributed by atoms with Gasteiger partial charge in [0.25, 0.3) is 5.89 Å². The van der Waals surface area contributed by atoms with Crippen molar-refractivity contribution in [2.45, 2.75) is 6.04 Å². The van der Waals surface area contributed by atoms with Crippen LogP contribution in [0.2, 0.25) is 0 Å². The molecule has 1 atom stereocenters. The fourth-order valence-corrected chi connectivity index (χ4v) is 3.44. The lowest BCUT2D eigenvalue weighted by molar-refractivity contribution is 0.190. The number of hydrogen-bond acceptors (Lipinski definition) is 6. The summed E-state index contributed by atoms with van der Waals surface area (Å²) < 4.78 is 6.39. The van der Waals surface area contributed by atoms with E-state index < -0.39 is 0 Å². The first kappa shape index (κ1) is 13.9. The first-order valence-electron chi connectivity index (χ1n) is 6.40. The van der Waals surface area contributed by atoms with Crippen molar-refractivity contribution in [3.63, 3.8) is 0 Å². The second-order valence-corrected chi connectivity index (χ2v) is 7.16. The zero-order chi connectivity index (χ0) is 13.9. The van der Waals surface area contributed by atoms with Crippen LogP contribution in [0.5, 0.6) is 0 Å². The minimum absolute atomic E-state index is 0.186. The van der Waals surface area contributed by atoms with Crippen molar-refractivity contribution < 1.29 is 4.52 Å². The molecule has 0 spiro atoms. The maximum Gasteiger partial charge on any atom is 0.250 e. The van der Waals surface area contributed by atoms with E-state index in [0.29, 0.717) is 5.89 Å². The molecule has 2 aromatic heterocycles. The summed E-state index contributed by atoms with van der Waals surface area (Å²) in [5.41, 5.74) is 0. The van der Waals surface area contributed by atoms with Gasteiger partial charge >= 0.3 is 0 Å². The Morgan fingerprint density at radius 2 is 2.40 bits per heavy atom. The first-order chi connectivity index (χ1) is 9.72. The number of thiophene rings is 1. The van der Waals surface area contributed by atoms with E-state index in [1.54, 1.807) is 11.3 Å². The molecule has 3 rings (SSSR count). The van der Waals surface area contributed by atoms with Gasteiger partial charge in [-0.1, -0.05) is 5.16 Å². The molecule has 1 aliphatic heterocycles. The predicted molar refractivity (Wildman–Crippen MR) is 83.5 cm³/mol. The van der Waals surface area contributed by atoms with Crippen LogP contribution < -0.4 is 5.32 Å². The van der Waals surface area contributed by atoms with Gasteiger partial charge in [-0.25, -0.2) is 0 Å². The monoisotopic (exact) mass is 354 g/mol. The van der Waals surface area contributed by atoms with Crippen molar-refractivity contribution in [1.29, 1.82) is 0 Å². The van der Waals surface area contributed by atoms with Crippen molar-refractivity contribution in [3.8, 4) is 0 Å². The van der Waals surface area contributed by atoms with Gasteiger partial charge in [0.1, 0.15) is 0 Å². The van der Waals surface area contributed by atoms with Gasteiger partial charge in [-0.3, -0.25) is 4.90 Å². The molecule has 1 aliphatic rings. The molecule has 1 fully saturated rings. The summed E-state index contributed by atoms with van der Waals surface area (Å²) in [5, 5.41) is 7.43. The van der Waals surface area contributed by atoms with Crippen molar-refractivity contribution >= 4 is 39.4 Å². The highest BCUT2D eigenvalue weighted by molar-refractivity contribution is 9.11. The standard InChI is InChI=1S/C13H15BrN4OS/c1-18-7-6-15-8-10(18)13-16-12(19-17-13)5-3-9-2-4-11(14)20-9/h2-5,10,15H,6-8H2,1H3/b5-3+. The molecule has 0 aliphatic carbocycles. The Bertz CT molecular complexity index is 609. The molecular formula is C13H15BrN4OS. The molecule has 5 nitrogen and oxygen atoms in total. The normalized spacial score (nSPS) is 20.8. The van der Waals surface area contributed by atoms with Crippen LogP contribution in [-0.4, -0.2) is 41.7 Å². The van der Waals surface area contributed by atoms with Crippen LogP contribution in [0, 0.1) is 0 Å². The van der Waals surface area contributed by atoms with Crippen LogP contribution >= 0.6 is 27.3 Å². The number of nitrogens with one attached hydrogen (secondary N) is 1. The molecule has 1 N–H and O–H groups in total. The van der Waals surface area contributed by atoms with Crippen molar-refractivity contribution in [2.24, 2.45) is 0 Å². The summed E-state index contributed by atoms with van der Waals surface area (Å²) in [6.45, 7) is 2.86.